The highest BCUT2D eigenvalue weighted by Gasteiger charge is 2.34. The van der Waals surface area contributed by atoms with Gasteiger partial charge in [0.15, 0.2) is 0 Å². The lowest BCUT2D eigenvalue weighted by molar-refractivity contribution is -0.115. The Kier molecular flexibility index (Phi) is 1.77. The monoisotopic (exact) mass is 167 g/mol. The Morgan fingerprint density at radius 3 is 3.17 bits per heavy atom. The summed E-state index contributed by atoms with van der Waals surface area (Å²) in [5.74, 6) is 0.857. The average Bonchev–Trinajstić information content (AvgIpc) is 2.49. The molecule has 0 aromatic heterocycles. The van der Waals surface area contributed by atoms with Gasteiger partial charge in [0.2, 0.25) is 0 Å². The minimum atomic E-state index is 0.00491. The molecular weight excluding hydrogens is 154 g/mol. The first-order chi connectivity index (χ1) is 5.83. The molecule has 66 valence electrons. The molecule has 0 bridgehead atoms. The van der Waals surface area contributed by atoms with Crippen LogP contribution in [0.2, 0.25) is 0 Å². The molecule has 4 nitrogen and oxygen atoms in total. The zero-order valence-electron chi connectivity index (χ0n) is 6.99. The summed E-state index contributed by atoms with van der Waals surface area (Å²) < 4.78 is 0. The van der Waals surface area contributed by atoms with Crippen LogP contribution in [0.5, 0.6) is 0 Å². The van der Waals surface area contributed by atoms with Gasteiger partial charge in [-0.2, -0.15) is 0 Å². The predicted molar refractivity (Wildman–Crippen MR) is 45.0 cm³/mol. The number of nitrogens with zero attached hydrogens (tertiary/aromatic N) is 2. The van der Waals surface area contributed by atoms with E-state index in [1.807, 2.05) is 5.01 Å². The quantitative estimate of drug-likeness (QED) is 0.537. The first-order valence-electron chi connectivity index (χ1n) is 4.25. The molecule has 2 fully saturated rings. The first-order valence-corrected chi connectivity index (χ1v) is 4.25. The molecule has 2 saturated heterocycles. The van der Waals surface area contributed by atoms with Gasteiger partial charge in [0, 0.05) is 19.6 Å². The van der Waals surface area contributed by atoms with E-state index >= 15 is 0 Å². The fourth-order valence-corrected chi connectivity index (χ4v) is 1.85. The van der Waals surface area contributed by atoms with Crippen LogP contribution < -0.4 is 5.32 Å². The van der Waals surface area contributed by atoms with E-state index in [2.05, 4.69) is 16.9 Å². The summed E-state index contributed by atoms with van der Waals surface area (Å²) in [7, 11) is 0. The maximum atomic E-state index is 10.7. The van der Waals surface area contributed by atoms with E-state index in [0.29, 0.717) is 0 Å². The molecule has 0 radical (unpaired) electrons. The third kappa shape index (κ3) is 0.992. The molecule has 2 heterocycles. The summed E-state index contributed by atoms with van der Waals surface area (Å²) in [5, 5.41) is 7.30. The molecule has 0 amide bonds. The van der Waals surface area contributed by atoms with E-state index in [9.17, 15) is 4.79 Å². The minimum absolute atomic E-state index is 0.00491. The van der Waals surface area contributed by atoms with Gasteiger partial charge in [-0.25, -0.2) is 5.01 Å². The van der Waals surface area contributed by atoms with Crippen LogP contribution in [0, 0.1) is 0 Å². The zero-order valence-corrected chi connectivity index (χ0v) is 6.99. The normalized spacial score (nSPS) is 29.8. The number of carbonyl (C=O) groups excluding carboxylic acids is 1. The number of aldehydes is 1. The van der Waals surface area contributed by atoms with Crippen LogP contribution in [0.25, 0.3) is 0 Å². The van der Waals surface area contributed by atoms with E-state index in [1.54, 1.807) is 0 Å². The number of fused-ring (bicyclic) bond motifs is 1. The van der Waals surface area contributed by atoms with Crippen molar-refractivity contribution >= 4 is 6.29 Å². The minimum Gasteiger partial charge on any atom is -0.370 e. The Labute approximate surface area is 71.8 Å². The summed E-state index contributed by atoms with van der Waals surface area (Å²) in [6.45, 7) is 6.75. The van der Waals surface area contributed by atoms with Crippen molar-refractivity contribution in [2.24, 2.45) is 0 Å². The van der Waals surface area contributed by atoms with Crippen molar-refractivity contribution < 1.29 is 4.79 Å². The Balaban J connectivity index is 2.16. The molecule has 0 spiro atoms. The van der Waals surface area contributed by atoms with Crippen molar-refractivity contribution in [1.29, 1.82) is 0 Å². The van der Waals surface area contributed by atoms with Gasteiger partial charge < -0.3 is 10.1 Å². The number of carbonyl (C=O) groups is 1. The molecule has 1 unspecified atom stereocenters. The highest BCUT2D eigenvalue weighted by atomic mass is 16.1. The van der Waals surface area contributed by atoms with Crippen molar-refractivity contribution in [2.75, 3.05) is 19.6 Å². The largest absolute Gasteiger partial charge is 0.370 e. The van der Waals surface area contributed by atoms with Gasteiger partial charge in [-0.3, -0.25) is 5.01 Å². The molecular formula is C8H13N3O. The van der Waals surface area contributed by atoms with Crippen molar-refractivity contribution in [3.05, 3.63) is 12.4 Å². The number of rotatable bonds is 1. The third-order valence-corrected chi connectivity index (χ3v) is 2.43. The van der Waals surface area contributed by atoms with Crippen molar-refractivity contribution in [1.82, 2.24) is 15.3 Å². The third-order valence-electron chi connectivity index (χ3n) is 2.43. The van der Waals surface area contributed by atoms with E-state index < -0.39 is 0 Å². The lowest BCUT2D eigenvalue weighted by atomic mass is 10.2. The summed E-state index contributed by atoms with van der Waals surface area (Å²) >= 11 is 0. The molecule has 0 aliphatic carbocycles. The number of hydrazine groups is 1. The Morgan fingerprint density at radius 2 is 2.42 bits per heavy atom. The van der Waals surface area contributed by atoms with Crippen LogP contribution in [-0.4, -0.2) is 42.0 Å². The van der Waals surface area contributed by atoms with Gasteiger partial charge in [-0.15, -0.1) is 0 Å². The second-order valence-corrected chi connectivity index (χ2v) is 3.16. The fraction of sp³-hybridized carbons (Fsp3) is 0.625. The van der Waals surface area contributed by atoms with Crippen molar-refractivity contribution in [3.8, 4) is 0 Å². The Bertz CT molecular complexity index is 216. The molecule has 0 aromatic rings. The SMILES string of the molecule is C=C1NCCN2CCC(C=O)N12. The van der Waals surface area contributed by atoms with E-state index in [4.69, 9.17) is 0 Å². The Morgan fingerprint density at radius 1 is 1.58 bits per heavy atom. The Hall–Kier alpha value is -1.03. The zero-order chi connectivity index (χ0) is 8.55. The fourth-order valence-electron chi connectivity index (χ4n) is 1.85. The van der Waals surface area contributed by atoms with Crippen LogP contribution in [0.1, 0.15) is 6.42 Å². The standard InChI is InChI=1S/C8H13N3O/c1-7-9-3-5-10-4-2-8(6-12)11(7)10/h6,8-9H,1-5H2. The summed E-state index contributed by atoms with van der Waals surface area (Å²) in [5.41, 5.74) is 0. The van der Waals surface area contributed by atoms with Crippen LogP contribution in [0.15, 0.2) is 12.4 Å². The maximum Gasteiger partial charge on any atom is 0.144 e. The lowest BCUT2D eigenvalue weighted by Gasteiger charge is -2.38. The van der Waals surface area contributed by atoms with Crippen LogP contribution in [0.3, 0.4) is 0 Å². The van der Waals surface area contributed by atoms with Gasteiger partial charge in [0.05, 0.1) is 0 Å². The number of nitrogens with one attached hydrogen (secondary N) is 1. The van der Waals surface area contributed by atoms with Crippen LogP contribution in [0.4, 0.5) is 0 Å². The van der Waals surface area contributed by atoms with Crippen LogP contribution in [-0.2, 0) is 4.79 Å². The summed E-state index contributed by atoms with van der Waals surface area (Å²) in [4.78, 5) is 10.7. The number of hydrogen-bond donors (Lipinski definition) is 1. The summed E-state index contributed by atoms with van der Waals surface area (Å²) in [6, 6.07) is 0.00491. The van der Waals surface area contributed by atoms with E-state index in [-0.39, 0.29) is 6.04 Å². The molecule has 0 aromatic carbocycles. The van der Waals surface area contributed by atoms with E-state index in [1.165, 1.54) is 0 Å². The summed E-state index contributed by atoms with van der Waals surface area (Å²) in [6.07, 6.45) is 1.92. The molecule has 2 rings (SSSR count). The van der Waals surface area contributed by atoms with Gasteiger partial charge in [0.1, 0.15) is 18.1 Å². The topological polar surface area (TPSA) is 35.6 Å². The smallest absolute Gasteiger partial charge is 0.144 e. The molecule has 4 heteroatoms. The molecule has 12 heavy (non-hydrogen) atoms. The number of hydrogen-bond acceptors (Lipinski definition) is 4. The molecule has 0 saturated carbocycles. The van der Waals surface area contributed by atoms with Gasteiger partial charge in [0.25, 0.3) is 0 Å². The van der Waals surface area contributed by atoms with Gasteiger partial charge in [-0.05, 0) is 6.42 Å². The van der Waals surface area contributed by atoms with Gasteiger partial charge >= 0.3 is 0 Å². The molecule has 1 atom stereocenters. The molecule has 2 aliphatic rings. The second-order valence-electron chi connectivity index (χ2n) is 3.16. The van der Waals surface area contributed by atoms with E-state index in [0.717, 1.165) is 38.2 Å². The average molecular weight is 167 g/mol. The first kappa shape index (κ1) is 7.61. The highest BCUT2D eigenvalue weighted by Crippen LogP contribution is 2.21. The predicted octanol–water partition coefficient (Wildman–Crippen LogP) is -0.449. The maximum absolute atomic E-state index is 10.7. The van der Waals surface area contributed by atoms with Crippen LogP contribution >= 0.6 is 0 Å². The second kappa shape index (κ2) is 2.79. The highest BCUT2D eigenvalue weighted by molar-refractivity contribution is 5.58. The molecule has 2 aliphatic heterocycles. The van der Waals surface area contributed by atoms with Crippen molar-refractivity contribution in [2.45, 2.75) is 12.5 Å². The molecule has 1 N–H and O–H groups in total. The van der Waals surface area contributed by atoms with Crippen molar-refractivity contribution in [3.63, 3.8) is 0 Å². The lowest BCUT2D eigenvalue weighted by Crippen LogP contribution is -2.51. The van der Waals surface area contributed by atoms with Gasteiger partial charge in [-0.1, -0.05) is 6.58 Å².